The average Bonchev–Trinajstić information content (AvgIpc) is 2.72. The predicted octanol–water partition coefficient (Wildman–Crippen LogP) is 3.07. The highest BCUT2D eigenvalue weighted by Crippen LogP contribution is 2.35. The van der Waals surface area contributed by atoms with E-state index in [1.807, 2.05) is 13.0 Å². The van der Waals surface area contributed by atoms with Gasteiger partial charge in [0.25, 0.3) is 0 Å². The molecule has 0 bridgehead atoms. The van der Waals surface area contributed by atoms with Crippen molar-refractivity contribution in [2.75, 3.05) is 19.0 Å². The molecule has 1 atom stereocenters. The van der Waals surface area contributed by atoms with Gasteiger partial charge in [0.05, 0.1) is 12.7 Å². The Morgan fingerprint density at radius 1 is 1.19 bits per heavy atom. The van der Waals surface area contributed by atoms with Crippen LogP contribution in [0.4, 0.5) is 5.82 Å². The average molecular weight is 365 g/mol. The van der Waals surface area contributed by atoms with Crippen LogP contribution in [0.15, 0.2) is 48.9 Å². The molecule has 2 heterocycles. The van der Waals surface area contributed by atoms with Crippen LogP contribution in [-0.2, 0) is 0 Å². The van der Waals surface area contributed by atoms with Gasteiger partial charge in [-0.1, -0.05) is 13.0 Å². The lowest BCUT2D eigenvalue weighted by atomic mass is 10.0. The molecule has 0 aliphatic carbocycles. The van der Waals surface area contributed by atoms with Crippen LogP contribution in [0.5, 0.6) is 11.5 Å². The smallest absolute Gasteiger partial charge is 0.165 e. The molecule has 0 fully saturated rings. The second kappa shape index (κ2) is 8.46. The summed E-state index contributed by atoms with van der Waals surface area (Å²) >= 11 is 0. The van der Waals surface area contributed by atoms with Crippen molar-refractivity contribution in [1.82, 2.24) is 15.0 Å². The highest BCUT2D eigenvalue weighted by atomic mass is 16.5. The van der Waals surface area contributed by atoms with Crippen LogP contribution in [-0.4, -0.2) is 39.8 Å². The van der Waals surface area contributed by atoms with Gasteiger partial charge in [-0.25, -0.2) is 9.97 Å². The number of anilines is 1. The first-order valence-corrected chi connectivity index (χ1v) is 8.76. The Kier molecular flexibility index (Phi) is 5.83. The molecule has 0 amide bonds. The first kappa shape index (κ1) is 18.6. The third-order valence-electron chi connectivity index (χ3n) is 4.27. The molecule has 0 saturated carbocycles. The molecular formula is C20H23N5O2. The third-order valence-corrected chi connectivity index (χ3v) is 4.27. The van der Waals surface area contributed by atoms with Crippen molar-refractivity contribution in [2.24, 2.45) is 5.73 Å². The zero-order valence-corrected chi connectivity index (χ0v) is 15.4. The van der Waals surface area contributed by atoms with Crippen LogP contribution < -0.4 is 15.8 Å². The van der Waals surface area contributed by atoms with Gasteiger partial charge in [0, 0.05) is 36.7 Å². The van der Waals surface area contributed by atoms with Crippen LogP contribution in [0.2, 0.25) is 0 Å². The van der Waals surface area contributed by atoms with Gasteiger partial charge in [0.15, 0.2) is 5.82 Å². The molecule has 0 saturated heterocycles. The van der Waals surface area contributed by atoms with E-state index in [0.717, 1.165) is 17.5 Å². The van der Waals surface area contributed by atoms with Crippen LogP contribution in [0.1, 0.15) is 13.3 Å². The van der Waals surface area contributed by atoms with E-state index in [1.165, 1.54) is 0 Å². The number of aromatic hydroxyl groups is 1. The second-order valence-corrected chi connectivity index (χ2v) is 6.12. The van der Waals surface area contributed by atoms with Crippen molar-refractivity contribution in [3.63, 3.8) is 0 Å². The summed E-state index contributed by atoms with van der Waals surface area (Å²) in [6.07, 6.45) is 5.92. The van der Waals surface area contributed by atoms with Crippen molar-refractivity contribution >= 4 is 5.82 Å². The summed E-state index contributed by atoms with van der Waals surface area (Å²) in [7, 11) is 1.61. The van der Waals surface area contributed by atoms with E-state index < -0.39 is 0 Å². The van der Waals surface area contributed by atoms with Crippen LogP contribution in [0.25, 0.3) is 22.5 Å². The number of rotatable bonds is 7. The molecule has 2 aromatic heterocycles. The number of aromatic nitrogens is 3. The molecule has 27 heavy (non-hydrogen) atoms. The normalized spacial score (nSPS) is 11.8. The minimum Gasteiger partial charge on any atom is -0.507 e. The lowest BCUT2D eigenvalue weighted by molar-refractivity contribution is 0.416. The standard InChI is InChI=1S/C20H23N5O2/c1-3-14(21)11-24-19-7-9-23-20(25-19)15-10-13(4-5-17(15)26)16-12-22-8-6-18(16)27-2/h4-10,12,14,26H,3,11,21H2,1-2H3,(H,23,24,25). The first-order valence-electron chi connectivity index (χ1n) is 8.76. The number of pyridine rings is 1. The molecule has 1 unspecified atom stereocenters. The van der Waals surface area contributed by atoms with E-state index in [0.29, 0.717) is 29.5 Å². The maximum absolute atomic E-state index is 10.3. The molecule has 7 nitrogen and oxygen atoms in total. The second-order valence-electron chi connectivity index (χ2n) is 6.12. The number of phenols is 1. The summed E-state index contributed by atoms with van der Waals surface area (Å²) in [5, 5.41) is 13.5. The summed E-state index contributed by atoms with van der Waals surface area (Å²) in [6, 6.07) is 8.87. The topological polar surface area (TPSA) is 106 Å². The predicted molar refractivity (Wildman–Crippen MR) is 106 cm³/mol. The van der Waals surface area contributed by atoms with Crippen molar-refractivity contribution in [3.8, 4) is 34.0 Å². The number of nitrogens with one attached hydrogen (secondary N) is 1. The molecule has 7 heteroatoms. The van der Waals surface area contributed by atoms with Gasteiger partial charge in [-0.2, -0.15) is 0 Å². The minimum absolute atomic E-state index is 0.0539. The first-order chi connectivity index (χ1) is 13.1. The molecule has 0 aliphatic rings. The number of phenolic OH excluding ortho intramolecular Hbond substituents is 1. The summed E-state index contributed by atoms with van der Waals surface area (Å²) in [5.74, 6) is 1.88. The number of methoxy groups -OCH3 is 1. The molecule has 0 radical (unpaired) electrons. The minimum atomic E-state index is 0.0539. The summed E-state index contributed by atoms with van der Waals surface area (Å²) in [5.41, 5.74) is 8.14. The summed E-state index contributed by atoms with van der Waals surface area (Å²) in [4.78, 5) is 13.0. The van der Waals surface area contributed by atoms with Gasteiger partial charge in [0.2, 0.25) is 0 Å². The fourth-order valence-corrected chi connectivity index (χ4v) is 2.63. The van der Waals surface area contributed by atoms with E-state index >= 15 is 0 Å². The van der Waals surface area contributed by atoms with Gasteiger partial charge in [-0.05, 0) is 36.2 Å². The van der Waals surface area contributed by atoms with E-state index in [1.54, 1.807) is 50.0 Å². The maximum atomic E-state index is 10.3. The molecule has 3 aromatic rings. The Hall–Kier alpha value is -3.19. The number of hydrogen-bond donors (Lipinski definition) is 3. The van der Waals surface area contributed by atoms with E-state index in [4.69, 9.17) is 10.5 Å². The Labute approximate surface area is 158 Å². The van der Waals surface area contributed by atoms with Crippen LogP contribution in [0.3, 0.4) is 0 Å². The lowest BCUT2D eigenvalue weighted by Crippen LogP contribution is -2.28. The van der Waals surface area contributed by atoms with E-state index in [9.17, 15) is 5.11 Å². The number of nitrogens with zero attached hydrogens (tertiary/aromatic N) is 3. The fourth-order valence-electron chi connectivity index (χ4n) is 2.63. The zero-order chi connectivity index (χ0) is 19.2. The molecule has 1 aromatic carbocycles. The van der Waals surface area contributed by atoms with Gasteiger partial charge >= 0.3 is 0 Å². The van der Waals surface area contributed by atoms with Gasteiger partial charge in [-0.15, -0.1) is 0 Å². The largest absolute Gasteiger partial charge is 0.507 e. The number of ether oxygens (including phenoxy) is 1. The Bertz CT molecular complexity index is 916. The van der Waals surface area contributed by atoms with Crippen molar-refractivity contribution in [1.29, 1.82) is 0 Å². The number of nitrogens with two attached hydrogens (primary N) is 1. The molecule has 0 aliphatic heterocycles. The molecular weight excluding hydrogens is 342 g/mol. The number of hydrogen-bond acceptors (Lipinski definition) is 7. The molecule has 4 N–H and O–H groups in total. The quantitative estimate of drug-likeness (QED) is 0.591. The summed E-state index contributed by atoms with van der Waals surface area (Å²) < 4.78 is 5.40. The Morgan fingerprint density at radius 2 is 2.04 bits per heavy atom. The van der Waals surface area contributed by atoms with Crippen molar-refractivity contribution < 1.29 is 9.84 Å². The third kappa shape index (κ3) is 4.32. The SMILES string of the molecule is CCC(N)CNc1ccnc(-c2cc(-c3cnccc3OC)ccc2O)n1. The van der Waals surface area contributed by atoms with Crippen LogP contribution >= 0.6 is 0 Å². The maximum Gasteiger partial charge on any atom is 0.165 e. The Balaban J connectivity index is 1.95. The highest BCUT2D eigenvalue weighted by Gasteiger charge is 2.13. The van der Waals surface area contributed by atoms with E-state index in [-0.39, 0.29) is 11.8 Å². The molecule has 140 valence electrons. The van der Waals surface area contributed by atoms with E-state index in [2.05, 4.69) is 20.3 Å². The fraction of sp³-hybridized carbons (Fsp3) is 0.250. The monoisotopic (exact) mass is 365 g/mol. The van der Waals surface area contributed by atoms with Gasteiger partial charge in [-0.3, -0.25) is 4.98 Å². The zero-order valence-electron chi connectivity index (χ0n) is 15.4. The Morgan fingerprint density at radius 3 is 2.81 bits per heavy atom. The number of benzene rings is 1. The van der Waals surface area contributed by atoms with Gasteiger partial charge < -0.3 is 20.9 Å². The highest BCUT2D eigenvalue weighted by molar-refractivity contribution is 5.77. The molecule has 3 rings (SSSR count). The van der Waals surface area contributed by atoms with Crippen LogP contribution in [0, 0.1) is 0 Å². The summed E-state index contributed by atoms with van der Waals surface area (Å²) in [6.45, 7) is 2.65. The lowest BCUT2D eigenvalue weighted by Gasteiger charge is -2.12. The molecule has 0 spiro atoms. The van der Waals surface area contributed by atoms with Gasteiger partial charge in [0.1, 0.15) is 17.3 Å². The van der Waals surface area contributed by atoms with Crippen molar-refractivity contribution in [2.45, 2.75) is 19.4 Å². The van der Waals surface area contributed by atoms with Crippen molar-refractivity contribution in [3.05, 3.63) is 48.9 Å².